The summed E-state index contributed by atoms with van der Waals surface area (Å²) in [5.74, 6) is 0.501. The van der Waals surface area contributed by atoms with Crippen LogP contribution in [0.5, 0.6) is 0 Å². The van der Waals surface area contributed by atoms with Gasteiger partial charge >= 0.3 is 6.03 Å². The number of likely N-dealkylation sites (N-methyl/N-ethyl adjacent to an activating group) is 1. The zero-order valence-corrected chi connectivity index (χ0v) is 10.0. The molecule has 0 radical (unpaired) electrons. The van der Waals surface area contributed by atoms with Gasteiger partial charge in [-0.15, -0.1) is 5.10 Å². The molecule has 1 aromatic heterocycles. The zero-order chi connectivity index (χ0) is 13.0. The lowest BCUT2D eigenvalue weighted by atomic mass is 10.2. The second kappa shape index (κ2) is 5.42. The van der Waals surface area contributed by atoms with Crippen LogP contribution in [0.2, 0.25) is 0 Å². The Morgan fingerprint density at radius 3 is 2.78 bits per heavy atom. The normalized spacial score (nSPS) is 10.3. The van der Waals surface area contributed by atoms with E-state index in [1.165, 1.54) is 11.2 Å². The summed E-state index contributed by atoms with van der Waals surface area (Å²) in [4.78, 5) is 17.3. The van der Waals surface area contributed by atoms with Crippen LogP contribution >= 0.6 is 0 Å². The summed E-state index contributed by atoms with van der Waals surface area (Å²) in [6.07, 6.45) is 1.37. The smallest absolute Gasteiger partial charge is 0.346 e. The van der Waals surface area contributed by atoms with Crippen molar-refractivity contribution in [1.82, 2.24) is 19.7 Å². The fourth-order valence-corrected chi connectivity index (χ4v) is 1.50. The largest absolute Gasteiger partial charge is 0.395 e. The molecule has 2 aromatic rings. The van der Waals surface area contributed by atoms with Crippen LogP contribution in [0.15, 0.2) is 36.7 Å². The predicted molar refractivity (Wildman–Crippen MR) is 66.0 cm³/mol. The van der Waals surface area contributed by atoms with Crippen LogP contribution in [-0.2, 0) is 0 Å². The molecule has 0 spiro atoms. The van der Waals surface area contributed by atoms with E-state index in [9.17, 15) is 4.79 Å². The van der Waals surface area contributed by atoms with Gasteiger partial charge in [-0.1, -0.05) is 30.3 Å². The molecular weight excluding hydrogens is 232 g/mol. The van der Waals surface area contributed by atoms with Gasteiger partial charge in [0.2, 0.25) is 0 Å². The lowest BCUT2D eigenvalue weighted by molar-refractivity contribution is 0.189. The van der Waals surface area contributed by atoms with Gasteiger partial charge in [-0.3, -0.25) is 0 Å². The van der Waals surface area contributed by atoms with Crippen LogP contribution < -0.4 is 0 Å². The molecule has 0 aliphatic carbocycles. The molecule has 0 aliphatic rings. The van der Waals surface area contributed by atoms with Crippen molar-refractivity contribution in [3.8, 4) is 11.4 Å². The van der Waals surface area contributed by atoms with Gasteiger partial charge in [0, 0.05) is 19.2 Å². The Balaban J connectivity index is 2.18. The quantitative estimate of drug-likeness (QED) is 0.871. The first-order chi connectivity index (χ1) is 8.72. The van der Waals surface area contributed by atoms with Crippen molar-refractivity contribution in [2.75, 3.05) is 20.2 Å². The minimum absolute atomic E-state index is 0.0809. The van der Waals surface area contributed by atoms with Crippen LogP contribution in [0.3, 0.4) is 0 Å². The minimum Gasteiger partial charge on any atom is -0.395 e. The first-order valence-electron chi connectivity index (χ1n) is 5.56. The number of benzene rings is 1. The fourth-order valence-electron chi connectivity index (χ4n) is 1.50. The summed E-state index contributed by atoms with van der Waals surface area (Å²) in [5, 5.41) is 12.9. The maximum Gasteiger partial charge on any atom is 0.346 e. The molecule has 1 aromatic carbocycles. The van der Waals surface area contributed by atoms with Crippen molar-refractivity contribution < 1.29 is 9.90 Å². The Labute approximate surface area is 104 Å². The van der Waals surface area contributed by atoms with Crippen molar-refractivity contribution in [1.29, 1.82) is 0 Å². The number of carbonyl (C=O) groups is 1. The summed E-state index contributed by atoms with van der Waals surface area (Å²) in [7, 11) is 1.60. The SMILES string of the molecule is CN(CCO)C(=O)n1cnc(-c2ccccc2)n1. The van der Waals surface area contributed by atoms with Gasteiger partial charge in [0.1, 0.15) is 6.33 Å². The van der Waals surface area contributed by atoms with Crippen LogP contribution in [0.1, 0.15) is 0 Å². The van der Waals surface area contributed by atoms with Crippen molar-refractivity contribution in [2.24, 2.45) is 0 Å². The molecule has 1 amide bonds. The Hall–Kier alpha value is -2.21. The third-order valence-electron chi connectivity index (χ3n) is 2.48. The van der Waals surface area contributed by atoms with Crippen molar-refractivity contribution >= 4 is 6.03 Å². The number of aliphatic hydroxyl groups excluding tert-OH is 1. The average molecular weight is 246 g/mol. The molecule has 1 N–H and O–H groups in total. The highest BCUT2D eigenvalue weighted by molar-refractivity contribution is 5.75. The summed E-state index contributed by atoms with van der Waals surface area (Å²) in [6.45, 7) is 0.182. The van der Waals surface area contributed by atoms with E-state index in [0.717, 1.165) is 10.2 Å². The first kappa shape index (κ1) is 12.3. The predicted octanol–water partition coefficient (Wildman–Crippen LogP) is 0.837. The standard InChI is InChI=1S/C12H14N4O2/c1-15(7-8-17)12(18)16-9-13-11(14-16)10-5-3-2-4-6-10/h2-6,9,17H,7-8H2,1H3. The van der Waals surface area contributed by atoms with Crippen LogP contribution in [-0.4, -0.2) is 51.0 Å². The molecule has 6 nitrogen and oxygen atoms in total. The molecule has 0 aliphatic heterocycles. The van der Waals surface area contributed by atoms with Crippen LogP contribution in [0, 0.1) is 0 Å². The molecule has 6 heteroatoms. The van der Waals surface area contributed by atoms with Crippen molar-refractivity contribution in [3.63, 3.8) is 0 Å². The fraction of sp³-hybridized carbons (Fsp3) is 0.250. The van der Waals surface area contributed by atoms with Gasteiger partial charge in [0.05, 0.1) is 6.61 Å². The van der Waals surface area contributed by atoms with Gasteiger partial charge in [-0.25, -0.2) is 9.78 Å². The lowest BCUT2D eigenvalue weighted by Crippen LogP contribution is -2.33. The Morgan fingerprint density at radius 2 is 2.11 bits per heavy atom. The third-order valence-corrected chi connectivity index (χ3v) is 2.48. The summed E-state index contributed by atoms with van der Waals surface area (Å²) < 4.78 is 1.16. The van der Waals surface area contributed by atoms with Gasteiger partial charge in [0.25, 0.3) is 0 Å². The number of nitrogens with zero attached hydrogens (tertiary/aromatic N) is 4. The molecule has 0 bridgehead atoms. The monoisotopic (exact) mass is 246 g/mol. The second-order valence-corrected chi connectivity index (χ2v) is 3.81. The van der Waals surface area contributed by atoms with Gasteiger partial charge in [0.15, 0.2) is 5.82 Å². The van der Waals surface area contributed by atoms with Crippen LogP contribution in [0.25, 0.3) is 11.4 Å². The van der Waals surface area contributed by atoms with E-state index in [4.69, 9.17) is 5.11 Å². The van der Waals surface area contributed by atoms with Gasteiger partial charge in [-0.2, -0.15) is 4.68 Å². The van der Waals surface area contributed by atoms with E-state index in [0.29, 0.717) is 5.82 Å². The molecular formula is C12H14N4O2. The molecule has 2 rings (SSSR count). The number of amides is 1. The summed E-state index contributed by atoms with van der Waals surface area (Å²) in [6, 6.07) is 9.11. The second-order valence-electron chi connectivity index (χ2n) is 3.81. The highest BCUT2D eigenvalue weighted by atomic mass is 16.3. The zero-order valence-electron chi connectivity index (χ0n) is 10.0. The number of hydrogen-bond donors (Lipinski definition) is 1. The third kappa shape index (κ3) is 2.54. The molecule has 0 fully saturated rings. The van der Waals surface area contributed by atoms with Crippen molar-refractivity contribution in [3.05, 3.63) is 36.7 Å². The van der Waals surface area contributed by atoms with Crippen molar-refractivity contribution in [2.45, 2.75) is 0 Å². The molecule has 0 saturated heterocycles. The summed E-state index contributed by atoms with van der Waals surface area (Å²) in [5.41, 5.74) is 0.855. The lowest BCUT2D eigenvalue weighted by Gasteiger charge is -2.14. The number of aromatic nitrogens is 3. The molecule has 94 valence electrons. The topological polar surface area (TPSA) is 71.2 Å². The average Bonchev–Trinajstić information content (AvgIpc) is 2.89. The van der Waals surface area contributed by atoms with E-state index in [-0.39, 0.29) is 19.2 Å². The maximum atomic E-state index is 11.9. The number of aliphatic hydroxyl groups is 1. The van der Waals surface area contributed by atoms with E-state index in [2.05, 4.69) is 10.1 Å². The molecule has 0 atom stereocenters. The highest BCUT2D eigenvalue weighted by Gasteiger charge is 2.13. The Bertz CT molecular complexity index is 524. The molecule has 1 heterocycles. The van der Waals surface area contributed by atoms with E-state index in [1.54, 1.807) is 7.05 Å². The minimum atomic E-state index is -0.321. The number of carbonyl (C=O) groups excluding carboxylic acids is 1. The number of hydrogen-bond acceptors (Lipinski definition) is 4. The van der Waals surface area contributed by atoms with Crippen LogP contribution in [0.4, 0.5) is 4.79 Å². The van der Waals surface area contributed by atoms with E-state index >= 15 is 0 Å². The van der Waals surface area contributed by atoms with Gasteiger partial charge < -0.3 is 10.0 Å². The molecule has 0 unspecified atom stereocenters. The Kier molecular flexibility index (Phi) is 3.69. The summed E-state index contributed by atoms with van der Waals surface area (Å²) >= 11 is 0. The maximum absolute atomic E-state index is 11.9. The van der Waals surface area contributed by atoms with E-state index < -0.39 is 0 Å². The molecule has 18 heavy (non-hydrogen) atoms. The number of rotatable bonds is 3. The Morgan fingerprint density at radius 1 is 1.39 bits per heavy atom. The van der Waals surface area contributed by atoms with Gasteiger partial charge in [-0.05, 0) is 0 Å². The first-order valence-corrected chi connectivity index (χ1v) is 5.56. The van der Waals surface area contributed by atoms with E-state index in [1.807, 2.05) is 30.3 Å². The highest BCUT2D eigenvalue weighted by Crippen LogP contribution is 2.12. The molecule has 0 saturated carbocycles.